The standard InChI is InChI=1S/C20H18BrN5O/c1-14-18(10-23-26(14)11-15-5-3-2-4-6-15)20(27)22-9-17-13-25-12-16(21)7-8-19(25)24-17/h2-8,10,12-13H,9,11H2,1H3,(H,22,27). The minimum absolute atomic E-state index is 0.148. The number of pyridine rings is 1. The molecule has 3 heterocycles. The van der Waals surface area contributed by atoms with E-state index in [-0.39, 0.29) is 5.91 Å². The van der Waals surface area contributed by atoms with Gasteiger partial charge in [-0.15, -0.1) is 0 Å². The van der Waals surface area contributed by atoms with Crippen molar-refractivity contribution in [2.75, 3.05) is 0 Å². The van der Waals surface area contributed by atoms with Gasteiger partial charge in [0, 0.05) is 22.6 Å². The second-order valence-corrected chi connectivity index (χ2v) is 7.23. The molecule has 0 atom stereocenters. The highest BCUT2D eigenvalue weighted by atomic mass is 79.9. The van der Waals surface area contributed by atoms with Gasteiger partial charge >= 0.3 is 0 Å². The minimum atomic E-state index is -0.148. The largest absolute Gasteiger partial charge is 0.346 e. The van der Waals surface area contributed by atoms with Crippen LogP contribution in [0.3, 0.4) is 0 Å². The van der Waals surface area contributed by atoms with Crippen LogP contribution in [0.5, 0.6) is 0 Å². The summed E-state index contributed by atoms with van der Waals surface area (Å²) in [6, 6.07) is 13.9. The maximum atomic E-state index is 12.6. The van der Waals surface area contributed by atoms with E-state index >= 15 is 0 Å². The van der Waals surface area contributed by atoms with Gasteiger partial charge in [-0.3, -0.25) is 9.48 Å². The van der Waals surface area contributed by atoms with Gasteiger partial charge in [-0.25, -0.2) is 4.98 Å². The summed E-state index contributed by atoms with van der Waals surface area (Å²) in [7, 11) is 0. The smallest absolute Gasteiger partial charge is 0.255 e. The monoisotopic (exact) mass is 423 g/mol. The molecule has 7 heteroatoms. The molecule has 0 saturated heterocycles. The van der Waals surface area contributed by atoms with Gasteiger partial charge in [0.2, 0.25) is 0 Å². The van der Waals surface area contributed by atoms with Gasteiger partial charge in [0.05, 0.1) is 30.5 Å². The molecular weight excluding hydrogens is 406 g/mol. The summed E-state index contributed by atoms with van der Waals surface area (Å²) in [5, 5.41) is 7.29. The Morgan fingerprint density at radius 3 is 2.78 bits per heavy atom. The minimum Gasteiger partial charge on any atom is -0.346 e. The molecule has 0 unspecified atom stereocenters. The summed E-state index contributed by atoms with van der Waals surface area (Å²) in [5.74, 6) is -0.148. The van der Waals surface area contributed by atoms with Gasteiger partial charge in [0.15, 0.2) is 0 Å². The number of halogens is 1. The summed E-state index contributed by atoms with van der Waals surface area (Å²) < 4.78 is 4.74. The van der Waals surface area contributed by atoms with Crippen molar-refractivity contribution in [2.45, 2.75) is 20.0 Å². The molecule has 27 heavy (non-hydrogen) atoms. The van der Waals surface area contributed by atoms with E-state index in [1.807, 2.05) is 70.9 Å². The predicted molar refractivity (Wildman–Crippen MR) is 107 cm³/mol. The Labute approximate surface area is 165 Å². The molecule has 4 rings (SSSR count). The third-order valence-electron chi connectivity index (χ3n) is 4.42. The lowest BCUT2D eigenvalue weighted by molar-refractivity contribution is 0.0949. The van der Waals surface area contributed by atoms with Crippen LogP contribution in [0.4, 0.5) is 0 Å². The van der Waals surface area contributed by atoms with Crippen molar-refractivity contribution in [3.05, 3.63) is 88.0 Å². The molecule has 6 nitrogen and oxygen atoms in total. The molecule has 0 fully saturated rings. The van der Waals surface area contributed by atoms with Crippen LogP contribution in [0.15, 0.2) is 65.5 Å². The zero-order valence-electron chi connectivity index (χ0n) is 14.8. The van der Waals surface area contributed by atoms with Crippen molar-refractivity contribution in [1.29, 1.82) is 0 Å². The number of carbonyl (C=O) groups is 1. The number of nitrogens with zero attached hydrogens (tertiary/aromatic N) is 4. The number of aromatic nitrogens is 4. The molecule has 1 amide bonds. The molecule has 4 aromatic rings. The predicted octanol–water partition coefficient (Wildman–Crippen LogP) is 3.58. The molecule has 0 bridgehead atoms. The van der Waals surface area contributed by atoms with Crippen molar-refractivity contribution in [1.82, 2.24) is 24.5 Å². The number of imidazole rings is 1. The Bertz CT molecular complexity index is 1100. The number of hydrogen-bond acceptors (Lipinski definition) is 3. The van der Waals surface area contributed by atoms with Crippen molar-refractivity contribution in [2.24, 2.45) is 0 Å². The van der Waals surface area contributed by atoms with Crippen LogP contribution in [-0.4, -0.2) is 25.1 Å². The molecule has 136 valence electrons. The van der Waals surface area contributed by atoms with Crippen LogP contribution in [0, 0.1) is 6.92 Å². The molecular formula is C20H18BrN5O. The summed E-state index contributed by atoms with van der Waals surface area (Å²) in [5.41, 5.74) is 4.21. The molecule has 0 spiro atoms. The summed E-state index contributed by atoms with van der Waals surface area (Å²) in [6.07, 6.45) is 5.46. The number of carbonyl (C=O) groups excluding carboxylic acids is 1. The molecule has 0 saturated carbocycles. The first-order chi connectivity index (χ1) is 13.1. The number of rotatable bonds is 5. The molecule has 1 N–H and O–H groups in total. The molecule has 0 aliphatic heterocycles. The first-order valence-electron chi connectivity index (χ1n) is 8.58. The van der Waals surface area contributed by atoms with Gasteiger partial charge in [-0.2, -0.15) is 5.10 Å². The first-order valence-corrected chi connectivity index (χ1v) is 9.37. The van der Waals surface area contributed by atoms with Gasteiger partial charge < -0.3 is 9.72 Å². The third kappa shape index (κ3) is 3.78. The van der Waals surface area contributed by atoms with E-state index in [2.05, 4.69) is 31.3 Å². The van der Waals surface area contributed by atoms with Gasteiger partial charge in [-0.05, 0) is 40.5 Å². The normalized spacial score (nSPS) is 11.0. The fraction of sp³-hybridized carbons (Fsp3) is 0.150. The lowest BCUT2D eigenvalue weighted by Crippen LogP contribution is -2.23. The second kappa shape index (κ2) is 7.36. The number of amides is 1. The van der Waals surface area contributed by atoms with Crippen LogP contribution < -0.4 is 5.32 Å². The van der Waals surface area contributed by atoms with E-state index in [1.54, 1.807) is 6.20 Å². The SMILES string of the molecule is Cc1c(C(=O)NCc2cn3cc(Br)ccc3n2)cnn1Cc1ccccc1. The van der Waals surface area contributed by atoms with Crippen LogP contribution in [0.1, 0.15) is 27.3 Å². The van der Waals surface area contributed by atoms with Crippen molar-refractivity contribution >= 4 is 27.5 Å². The van der Waals surface area contributed by atoms with Crippen LogP contribution in [0.25, 0.3) is 5.65 Å². The number of benzene rings is 1. The third-order valence-corrected chi connectivity index (χ3v) is 4.89. The number of nitrogens with one attached hydrogen (secondary N) is 1. The Kier molecular flexibility index (Phi) is 4.77. The summed E-state index contributed by atoms with van der Waals surface area (Å²) >= 11 is 3.44. The highest BCUT2D eigenvalue weighted by Gasteiger charge is 2.14. The zero-order chi connectivity index (χ0) is 18.8. The summed E-state index contributed by atoms with van der Waals surface area (Å²) in [6.45, 7) is 2.91. The molecule has 0 aliphatic rings. The van der Waals surface area contributed by atoms with E-state index in [4.69, 9.17) is 0 Å². The lowest BCUT2D eigenvalue weighted by atomic mass is 10.2. The fourth-order valence-corrected chi connectivity index (χ4v) is 3.31. The highest BCUT2D eigenvalue weighted by molar-refractivity contribution is 9.10. The maximum absolute atomic E-state index is 12.6. The van der Waals surface area contributed by atoms with E-state index in [1.165, 1.54) is 0 Å². The highest BCUT2D eigenvalue weighted by Crippen LogP contribution is 2.13. The maximum Gasteiger partial charge on any atom is 0.255 e. The summed E-state index contributed by atoms with van der Waals surface area (Å²) in [4.78, 5) is 17.1. The van der Waals surface area contributed by atoms with Gasteiger partial charge in [0.1, 0.15) is 5.65 Å². The Morgan fingerprint density at radius 2 is 1.96 bits per heavy atom. The Morgan fingerprint density at radius 1 is 1.15 bits per heavy atom. The van der Waals surface area contributed by atoms with Crippen molar-refractivity contribution in [3.63, 3.8) is 0 Å². The second-order valence-electron chi connectivity index (χ2n) is 6.31. The number of fused-ring (bicyclic) bond motifs is 1. The van der Waals surface area contributed by atoms with E-state index in [0.29, 0.717) is 18.7 Å². The Hall–Kier alpha value is -2.93. The zero-order valence-corrected chi connectivity index (χ0v) is 16.3. The van der Waals surface area contributed by atoms with Crippen LogP contribution in [-0.2, 0) is 13.1 Å². The van der Waals surface area contributed by atoms with E-state index in [0.717, 1.165) is 27.1 Å². The molecule has 0 aliphatic carbocycles. The Balaban J connectivity index is 1.45. The van der Waals surface area contributed by atoms with E-state index < -0.39 is 0 Å². The number of hydrogen-bond donors (Lipinski definition) is 1. The average Bonchev–Trinajstić information content (AvgIpc) is 3.24. The topological polar surface area (TPSA) is 64.2 Å². The van der Waals surface area contributed by atoms with Gasteiger partial charge in [-0.1, -0.05) is 30.3 Å². The quantitative estimate of drug-likeness (QED) is 0.533. The van der Waals surface area contributed by atoms with Crippen molar-refractivity contribution < 1.29 is 4.79 Å². The molecule has 3 aromatic heterocycles. The molecule has 0 radical (unpaired) electrons. The van der Waals surface area contributed by atoms with Crippen LogP contribution in [0.2, 0.25) is 0 Å². The first kappa shape index (κ1) is 17.5. The average molecular weight is 424 g/mol. The van der Waals surface area contributed by atoms with E-state index in [9.17, 15) is 4.79 Å². The lowest BCUT2D eigenvalue weighted by Gasteiger charge is -2.06. The van der Waals surface area contributed by atoms with Crippen LogP contribution >= 0.6 is 15.9 Å². The fourth-order valence-electron chi connectivity index (χ4n) is 2.95. The van der Waals surface area contributed by atoms with Crippen molar-refractivity contribution in [3.8, 4) is 0 Å². The molecule has 1 aromatic carbocycles. The van der Waals surface area contributed by atoms with Gasteiger partial charge in [0.25, 0.3) is 5.91 Å².